The number of aliphatic hydroxyl groups excluding tert-OH is 3. The minimum absolute atomic E-state index is 0.201. The maximum atomic E-state index is 9.81. The highest BCUT2D eigenvalue weighted by Crippen LogP contribution is 2.25. The van der Waals surface area contributed by atoms with Crippen LogP contribution in [0.1, 0.15) is 18.4 Å². The van der Waals surface area contributed by atoms with Gasteiger partial charge in [0.15, 0.2) is 0 Å². The molecule has 0 spiro atoms. The third kappa shape index (κ3) is 3.53. The zero-order valence-corrected chi connectivity index (χ0v) is 10.3. The van der Waals surface area contributed by atoms with E-state index in [4.69, 9.17) is 4.74 Å². The number of benzene rings is 1. The van der Waals surface area contributed by atoms with Crippen LogP contribution in [0.2, 0.25) is 0 Å². The summed E-state index contributed by atoms with van der Waals surface area (Å²) >= 11 is 0. The Hall–Kier alpha value is -0.940. The van der Waals surface area contributed by atoms with Gasteiger partial charge in [-0.25, -0.2) is 0 Å². The van der Waals surface area contributed by atoms with Crippen molar-refractivity contribution in [3.63, 3.8) is 0 Å². The normalized spacial score (nSPS) is 32.4. The van der Waals surface area contributed by atoms with Gasteiger partial charge in [0.05, 0.1) is 31.5 Å². The van der Waals surface area contributed by atoms with E-state index in [9.17, 15) is 15.3 Å². The summed E-state index contributed by atoms with van der Waals surface area (Å²) in [7, 11) is 0. The predicted octanol–water partition coefficient (Wildman–Crippen LogP) is 0.696. The summed E-state index contributed by atoms with van der Waals surface area (Å²) in [6, 6.07) is 9.78. The van der Waals surface area contributed by atoms with Crippen LogP contribution in [0.5, 0.6) is 0 Å². The average Bonchev–Trinajstić information content (AvgIpc) is 2.36. The second kappa shape index (κ2) is 6.29. The molecule has 0 amide bonds. The average molecular weight is 252 g/mol. The van der Waals surface area contributed by atoms with Crippen LogP contribution in [0.25, 0.3) is 0 Å². The van der Waals surface area contributed by atoms with Gasteiger partial charge in [-0.3, -0.25) is 0 Å². The number of rotatable bonds is 4. The summed E-state index contributed by atoms with van der Waals surface area (Å²) in [5.41, 5.74) is 1.07. The first kappa shape index (κ1) is 13.5. The van der Waals surface area contributed by atoms with Crippen molar-refractivity contribution in [2.75, 3.05) is 6.61 Å². The summed E-state index contributed by atoms with van der Waals surface area (Å²) in [5, 5.41) is 28.9. The minimum Gasteiger partial charge on any atom is -0.393 e. The van der Waals surface area contributed by atoms with Crippen LogP contribution in [0.3, 0.4) is 0 Å². The first-order chi connectivity index (χ1) is 8.66. The smallest absolute Gasteiger partial charge is 0.0851 e. The molecule has 0 saturated heterocycles. The fraction of sp³-hybridized carbons (Fsp3) is 0.571. The lowest BCUT2D eigenvalue weighted by Gasteiger charge is -2.34. The molecule has 0 unspecified atom stereocenters. The van der Waals surface area contributed by atoms with Crippen molar-refractivity contribution in [2.24, 2.45) is 5.92 Å². The van der Waals surface area contributed by atoms with Crippen molar-refractivity contribution in [3.05, 3.63) is 35.9 Å². The Balaban J connectivity index is 1.79. The topological polar surface area (TPSA) is 69.9 Å². The number of ether oxygens (including phenoxy) is 1. The van der Waals surface area contributed by atoms with Gasteiger partial charge in [0.25, 0.3) is 0 Å². The fourth-order valence-corrected chi connectivity index (χ4v) is 2.39. The van der Waals surface area contributed by atoms with Gasteiger partial charge in [0.2, 0.25) is 0 Å². The summed E-state index contributed by atoms with van der Waals surface area (Å²) < 4.78 is 5.54. The first-order valence-corrected chi connectivity index (χ1v) is 6.32. The molecule has 4 atom stereocenters. The first-order valence-electron chi connectivity index (χ1n) is 6.32. The van der Waals surface area contributed by atoms with E-state index in [2.05, 4.69) is 0 Å². The lowest BCUT2D eigenvalue weighted by atomic mass is 9.83. The maximum absolute atomic E-state index is 9.81. The molecule has 0 aromatic heterocycles. The second-order valence-electron chi connectivity index (χ2n) is 4.94. The zero-order chi connectivity index (χ0) is 13.0. The highest BCUT2D eigenvalue weighted by Gasteiger charge is 2.34. The van der Waals surface area contributed by atoms with Crippen molar-refractivity contribution in [1.29, 1.82) is 0 Å². The quantitative estimate of drug-likeness (QED) is 0.737. The van der Waals surface area contributed by atoms with Crippen molar-refractivity contribution in [2.45, 2.75) is 37.8 Å². The molecular formula is C14H20O4. The molecule has 18 heavy (non-hydrogen) atoms. The van der Waals surface area contributed by atoms with Crippen LogP contribution in [-0.4, -0.2) is 40.2 Å². The largest absolute Gasteiger partial charge is 0.393 e. The monoisotopic (exact) mass is 252 g/mol. The lowest BCUT2D eigenvalue weighted by Crippen LogP contribution is -2.44. The summed E-state index contributed by atoms with van der Waals surface area (Å²) in [6.45, 7) is 0.834. The second-order valence-corrected chi connectivity index (χ2v) is 4.94. The Morgan fingerprint density at radius 1 is 1.06 bits per heavy atom. The standard InChI is InChI=1S/C14H20O4/c15-12-6-11(14(17)13(16)7-12)9-18-8-10-4-2-1-3-5-10/h1-5,11-17H,6-9H2/t11-,12+,13+,14-/m1/s1. The fourth-order valence-electron chi connectivity index (χ4n) is 2.39. The summed E-state index contributed by atoms with van der Waals surface area (Å²) in [5.74, 6) is -0.201. The van der Waals surface area contributed by atoms with Crippen LogP contribution >= 0.6 is 0 Å². The van der Waals surface area contributed by atoms with Crippen molar-refractivity contribution in [3.8, 4) is 0 Å². The molecule has 1 aromatic rings. The number of hydrogen-bond donors (Lipinski definition) is 3. The Kier molecular flexibility index (Phi) is 4.72. The third-order valence-corrected chi connectivity index (χ3v) is 3.41. The van der Waals surface area contributed by atoms with Crippen LogP contribution in [0.15, 0.2) is 30.3 Å². The van der Waals surface area contributed by atoms with E-state index >= 15 is 0 Å². The molecule has 1 aromatic carbocycles. The Bertz CT molecular complexity index is 354. The highest BCUT2D eigenvalue weighted by atomic mass is 16.5. The van der Waals surface area contributed by atoms with Crippen LogP contribution < -0.4 is 0 Å². The molecule has 0 bridgehead atoms. The van der Waals surface area contributed by atoms with Gasteiger partial charge in [-0.05, 0) is 12.0 Å². The summed E-state index contributed by atoms with van der Waals surface area (Å²) in [4.78, 5) is 0. The molecule has 0 heterocycles. The van der Waals surface area contributed by atoms with E-state index in [1.165, 1.54) is 0 Å². The van der Waals surface area contributed by atoms with Crippen LogP contribution in [-0.2, 0) is 11.3 Å². The molecule has 3 N–H and O–H groups in total. The molecular weight excluding hydrogens is 232 g/mol. The molecule has 100 valence electrons. The molecule has 0 aliphatic heterocycles. The van der Waals surface area contributed by atoms with Gasteiger partial charge >= 0.3 is 0 Å². The molecule has 1 saturated carbocycles. The zero-order valence-electron chi connectivity index (χ0n) is 10.3. The molecule has 1 fully saturated rings. The minimum atomic E-state index is -0.848. The van der Waals surface area contributed by atoms with E-state index in [1.54, 1.807) is 0 Å². The van der Waals surface area contributed by atoms with Gasteiger partial charge in [0, 0.05) is 12.3 Å². The maximum Gasteiger partial charge on any atom is 0.0851 e. The highest BCUT2D eigenvalue weighted by molar-refractivity contribution is 5.13. The molecule has 1 aliphatic carbocycles. The number of hydrogen-bond acceptors (Lipinski definition) is 4. The van der Waals surface area contributed by atoms with Crippen molar-refractivity contribution in [1.82, 2.24) is 0 Å². The lowest BCUT2D eigenvalue weighted by molar-refractivity contribution is -0.104. The van der Waals surface area contributed by atoms with E-state index < -0.39 is 18.3 Å². The molecule has 2 rings (SSSR count). The Labute approximate surface area is 107 Å². The molecule has 4 nitrogen and oxygen atoms in total. The van der Waals surface area contributed by atoms with Gasteiger partial charge < -0.3 is 20.1 Å². The molecule has 1 aliphatic rings. The van der Waals surface area contributed by atoms with E-state index in [0.29, 0.717) is 19.6 Å². The van der Waals surface area contributed by atoms with E-state index in [1.807, 2.05) is 30.3 Å². The summed E-state index contributed by atoms with van der Waals surface area (Å²) in [6.07, 6.45) is -1.47. The van der Waals surface area contributed by atoms with Crippen LogP contribution in [0.4, 0.5) is 0 Å². The molecule has 4 heteroatoms. The van der Waals surface area contributed by atoms with E-state index in [-0.39, 0.29) is 12.3 Å². The third-order valence-electron chi connectivity index (χ3n) is 3.41. The van der Waals surface area contributed by atoms with Gasteiger partial charge in [-0.15, -0.1) is 0 Å². The molecule has 0 radical (unpaired) electrons. The van der Waals surface area contributed by atoms with Gasteiger partial charge in [-0.1, -0.05) is 30.3 Å². The van der Waals surface area contributed by atoms with Gasteiger partial charge in [0.1, 0.15) is 0 Å². The predicted molar refractivity (Wildman–Crippen MR) is 66.8 cm³/mol. The van der Waals surface area contributed by atoms with Crippen LogP contribution in [0, 0.1) is 5.92 Å². The SMILES string of the molecule is O[C@H]1C[C@H](COCc2ccccc2)[C@@H](O)[C@@H](O)C1. The van der Waals surface area contributed by atoms with E-state index in [0.717, 1.165) is 5.56 Å². The van der Waals surface area contributed by atoms with Crippen molar-refractivity contribution >= 4 is 0 Å². The Morgan fingerprint density at radius 2 is 1.78 bits per heavy atom. The van der Waals surface area contributed by atoms with Crippen molar-refractivity contribution < 1.29 is 20.1 Å². The number of aliphatic hydroxyl groups is 3. The Morgan fingerprint density at radius 3 is 2.50 bits per heavy atom. The van der Waals surface area contributed by atoms with Gasteiger partial charge in [-0.2, -0.15) is 0 Å².